The van der Waals surface area contributed by atoms with E-state index in [1.54, 1.807) is 23.9 Å². The number of halogens is 3. The topological polar surface area (TPSA) is 22.0 Å². The van der Waals surface area contributed by atoms with E-state index in [0.29, 0.717) is 10.9 Å². The van der Waals surface area contributed by atoms with E-state index in [1.165, 1.54) is 18.2 Å². The number of fused-ring (bicyclic) bond motifs is 1. The lowest BCUT2D eigenvalue weighted by molar-refractivity contribution is -0.0884. The van der Waals surface area contributed by atoms with Crippen molar-refractivity contribution in [2.75, 3.05) is 0 Å². The number of benzene rings is 1. The Bertz CT molecular complexity index is 554. The lowest BCUT2D eigenvalue weighted by atomic mass is 10.1. The summed E-state index contributed by atoms with van der Waals surface area (Å²) in [5, 5.41) is 0.326. The summed E-state index contributed by atoms with van der Waals surface area (Å²) < 4.78 is 38.6. The first kappa shape index (κ1) is 10.7. The van der Waals surface area contributed by atoms with Gasteiger partial charge in [0, 0.05) is 29.7 Å². The van der Waals surface area contributed by atoms with Crippen LogP contribution in [-0.4, -0.2) is 16.5 Å². The second-order valence-corrected chi connectivity index (χ2v) is 3.49. The maximum atomic E-state index is 12.3. The number of alkyl halides is 3. The lowest BCUT2D eigenvalue weighted by Crippen LogP contribution is -2.22. The van der Waals surface area contributed by atoms with Crippen molar-refractivity contribution in [1.82, 2.24) is 4.57 Å². The van der Waals surface area contributed by atoms with Crippen LogP contribution in [0.4, 0.5) is 13.2 Å². The van der Waals surface area contributed by atoms with E-state index < -0.39 is 12.0 Å². The normalized spacial score (nSPS) is 12.0. The van der Waals surface area contributed by atoms with Gasteiger partial charge in [0.05, 0.1) is 0 Å². The minimum atomic E-state index is -4.83. The monoisotopic (exact) mass is 227 g/mol. The van der Waals surface area contributed by atoms with Crippen molar-refractivity contribution in [2.45, 2.75) is 6.18 Å². The van der Waals surface area contributed by atoms with Crippen LogP contribution in [0.2, 0.25) is 0 Å². The zero-order valence-electron chi connectivity index (χ0n) is 8.38. The second kappa shape index (κ2) is 3.37. The summed E-state index contributed by atoms with van der Waals surface area (Å²) in [5.74, 6) is -1.80. The highest BCUT2D eigenvalue weighted by Crippen LogP contribution is 2.27. The Morgan fingerprint density at radius 3 is 2.56 bits per heavy atom. The summed E-state index contributed by atoms with van der Waals surface area (Å²) in [6.45, 7) is 0. The fourth-order valence-electron chi connectivity index (χ4n) is 1.65. The molecule has 2 rings (SSSR count). The molecule has 0 fully saturated rings. The number of aromatic nitrogens is 1. The van der Waals surface area contributed by atoms with Crippen LogP contribution in [0.25, 0.3) is 10.9 Å². The molecule has 0 radical (unpaired) electrons. The smallest absolute Gasteiger partial charge is 0.351 e. The highest BCUT2D eigenvalue weighted by atomic mass is 19.4. The SMILES string of the molecule is Cn1ccc2c(C(=O)C(F)(F)F)cccc21. The molecule has 0 saturated heterocycles. The van der Waals surface area contributed by atoms with Gasteiger partial charge in [-0.2, -0.15) is 13.2 Å². The Morgan fingerprint density at radius 2 is 1.94 bits per heavy atom. The number of rotatable bonds is 1. The number of carbonyl (C=O) groups excluding carboxylic acids is 1. The van der Waals surface area contributed by atoms with Crippen LogP contribution in [0.5, 0.6) is 0 Å². The molecule has 0 unspecified atom stereocenters. The molecule has 0 saturated carbocycles. The zero-order chi connectivity index (χ0) is 11.9. The molecular weight excluding hydrogens is 219 g/mol. The van der Waals surface area contributed by atoms with E-state index in [1.807, 2.05) is 0 Å². The minimum Gasteiger partial charge on any atom is -0.351 e. The van der Waals surface area contributed by atoms with Crippen LogP contribution < -0.4 is 0 Å². The maximum absolute atomic E-state index is 12.3. The summed E-state index contributed by atoms with van der Waals surface area (Å²) in [6.07, 6.45) is -3.21. The van der Waals surface area contributed by atoms with Crippen molar-refractivity contribution < 1.29 is 18.0 Å². The predicted molar refractivity (Wildman–Crippen MR) is 53.3 cm³/mol. The molecule has 2 nitrogen and oxygen atoms in total. The highest BCUT2D eigenvalue weighted by Gasteiger charge is 2.40. The van der Waals surface area contributed by atoms with Crippen molar-refractivity contribution in [3.05, 3.63) is 36.0 Å². The van der Waals surface area contributed by atoms with Crippen molar-refractivity contribution in [1.29, 1.82) is 0 Å². The standard InChI is InChI=1S/C11H8F3NO/c1-15-6-5-7-8(3-2-4-9(7)15)10(16)11(12,13)14/h2-6H,1H3. The predicted octanol–water partition coefficient (Wildman–Crippen LogP) is 2.92. The molecule has 0 N–H and O–H groups in total. The number of aryl methyl sites for hydroxylation is 1. The van der Waals surface area contributed by atoms with Gasteiger partial charge in [-0.1, -0.05) is 12.1 Å². The molecule has 0 aliphatic rings. The van der Waals surface area contributed by atoms with E-state index in [4.69, 9.17) is 0 Å². The van der Waals surface area contributed by atoms with Gasteiger partial charge >= 0.3 is 6.18 Å². The van der Waals surface area contributed by atoms with Gasteiger partial charge < -0.3 is 4.57 Å². The largest absolute Gasteiger partial charge is 0.454 e. The summed E-state index contributed by atoms with van der Waals surface area (Å²) in [7, 11) is 1.71. The molecule has 1 aromatic heterocycles. The Balaban J connectivity index is 2.66. The summed E-state index contributed by atoms with van der Waals surface area (Å²) in [4.78, 5) is 11.2. The van der Waals surface area contributed by atoms with Gasteiger partial charge in [-0.3, -0.25) is 4.79 Å². The van der Waals surface area contributed by atoms with Gasteiger partial charge in [-0.15, -0.1) is 0 Å². The van der Waals surface area contributed by atoms with Gasteiger partial charge in [0.2, 0.25) is 0 Å². The highest BCUT2D eigenvalue weighted by molar-refractivity contribution is 6.10. The van der Waals surface area contributed by atoms with Gasteiger partial charge in [0.1, 0.15) is 0 Å². The third-order valence-electron chi connectivity index (χ3n) is 2.43. The number of nitrogens with zero attached hydrogens (tertiary/aromatic N) is 1. The molecule has 2 aromatic rings. The third kappa shape index (κ3) is 1.58. The number of ketones is 1. The van der Waals surface area contributed by atoms with Crippen LogP contribution in [0.1, 0.15) is 10.4 Å². The summed E-state index contributed by atoms with van der Waals surface area (Å²) in [5.41, 5.74) is 0.306. The van der Waals surface area contributed by atoms with Gasteiger partial charge in [-0.25, -0.2) is 0 Å². The average Bonchev–Trinajstić information content (AvgIpc) is 2.58. The van der Waals surface area contributed by atoms with Gasteiger partial charge in [0.25, 0.3) is 5.78 Å². The molecule has 5 heteroatoms. The summed E-state index contributed by atoms with van der Waals surface area (Å²) in [6, 6.07) is 5.82. The maximum Gasteiger partial charge on any atom is 0.454 e. The molecular formula is C11H8F3NO. The molecule has 0 spiro atoms. The van der Waals surface area contributed by atoms with E-state index in [-0.39, 0.29) is 5.56 Å². The van der Waals surface area contributed by atoms with Crippen LogP contribution in [0, 0.1) is 0 Å². The van der Waals surface area contributed by atoms with Gasteiger partial charge in [0.15, 0.2) is 0 Å². The van der Waals surface area contributed by atoms with Crippen molar-refractivity contribution >= 4 is 16.7 Å². The number of carbonyl (C=O) groups is 1. The van der Waals surface area contributed by atoms with Gasteiger partial charge in [-0.05, 0) is 12.1 Å². The Morgan fingerprint density at radius 1 is 1.25 bits per heavy atom. The molecule has 0 atom stereocenters. The van der Waals surface area contributed by atoms with Crippen molar-refractivity contribution in [3.8, 4) is 0 Å². The Kier molecular flexibility index (Phi) is 2.26. The summed E-state index contributed by atoms with van der Waals surface area (Å²) >= 11 is 0. The fraction of sp³-hybridized carbons (Fsp3) is 0.182. The first-order valence-corrected chi connectivity index (χ1v) is 4.57. The number of hydrogen-bond donors (Lipinski definition) is 0. The van der Waals surface area contributed by atoms with E-state index in [0.717, 1.165) is 0 Å². The van der Waals surface area contributed by atoms with Crippen LogP contribution in [0.15, 0.2) is 30.5 Å². The first-order chi connectivity index (χ1) is 7.41. The van der Waals surface area contributed by atoms with E-state index in [9.17, 15) is 18.0 Å². The molecule has 0 bridgehead atoms. The molecule has 16 heavy (non-hydrogen) atoms. The van der Waals surface area contributed by atoms with Crippen molar-refractivity contribution in [2.24, 2.45) is 7.05 Å². The number of Topliss-reactive ketones (excluding diaryl/α,β-unsaturated/α-hetero) is 1. The Hall–Kier alpha value is -1.78. The Labute approximate surface area is 89.3 Å². The van der Waals surface area contributed by atoms with Crippen molar-refractivity contribution in [3.63, 3.8) is 0 Å². The second-order valence-electron chi connectivity index (χ2n) is 3.49. The molecule has 0 amide bonds. The van der Waals surface area contributed by atoms with Crippen LogP contribution in [0.3, 0.4) is 0 Å². The quantitative estimate of drug-likeness (QED) is 0.686. The molecule has 84 valence electrons. The third-order valence-corrected chi connectivity index (χ3v) is 2.43. The van der Waals surface area contributed by atoms with E-state index in [2.05, 4.69) is 0 Å². The fourth-order valence-corrected chi connectivity index (χ4v) is 1.65. The molecule has 1 heterocycles. The molecule has 0 aliphatic carbocycles. The first-order valence-electron chi connectivity index (χ1n) is 4.57. The lowest BCUT2D eigenvalue weighted by Gasteiger charge is -2.06. The average molecular weight is 227 g/mol. The van der Waals surface area contributed by atoms with Crippen LogP contribution in [-0.2, 0) is 7.05 Å². The van der Waals surface area contributed by atoms with E-state index >= 15 is 0 Å². The number of hydrogen-bond acceptors (Lipinski definition) is 1. The van der Waals surface area contributed by atoms with Crippen LogP contribution >= 0.6 is 0 Å². The molecule has 1 aromatic carbocycles. The minimum absolute atomic E-state index is 0.300. The zero-order valence-corrected chi connectivity index (χ0v) is 8.38. The molecule has 0 aliphatic heterocycles.